The molecule has 0 radical (unpaired) electrons. The fourth-order valence-corrected chi connectivity index (χ4v) is 2.54. The Morgan fingerprint density at radius 2 is 1.92 bits per heavy atom. The van der Waals surface area contributed by atoms with Crippen molar-refractivity contribution in [3.8, 4) is 0 Å². The average molecular weight is 346 g/mol. The fourth-order valence-electron chi connectivity index (χ4n) is 2.54. The van der Waals surface area contributed by atoms with Gasteiger partial charge in [0.25, 0.3) is 0 Å². The van der Waals surface area contributed by atoms with E-state index in [9.17, 15) is 9.59 Å². The first-order valence-electron chi connectivity index (χ1n) is 8.54. The number of rotatable bonds is 6. The molecule has 0 atom stereocenters. The highest BCUT2D eigenvalue weighted by molar-refractivity contribution is 5.95. The number of hydrogen-bond donors (Lipinski definition) is 1. The van der Waals surface area contributed by atoms with Gasteiger partial charge in [-0.3, -0.25) is 0 Å². The van der Waals surface area contributed by atoms with E-state index in [4.69, 9.17) is 9.47 Å². The molecule has 0 aliphatic rings. The normalized spacial score (nSPS) is 11.4. The van der Waals surface area contributed by atoms with Crippen LogP contribution in [0.1, 0.15) is 44.6 Å². The number of amides is 1. The number of fused-ring (bicyclic) bond motifs is 1. The third-order valence-electron chi connectivity index (χ3n) is 3.56. The third kappa shape index (κ3) is 5.24. The average Bonchev–Trinajstić information content (AvgIpc) is 2.91. The number of hydrogen-bond acceptors (Lipinski definition) is 4. The molecule has 1 aromatic carbocycles. The zero-order valence-corrected chi connectivity index (χ0v) is 15.3. The molecule has 0 fully saturated rings. The Balaban J connectivity index is 1.82. The number of ether oxygens (including phenoxy) is 2. The van der Waals surface area contributed by atoms with Crippen LogP contribution in [0.25, 0.3) is 10.9 Å². The molecule has 0 aliphatic heterocycles. The summed E-state index contributed by atoms with van der Waals surface area (Å²) in [6.07, 6.45) is 0.0575. The first-order valence-corrected chi connectivity index (χ1v) is 8.54. The van der Waals surface area contributed by atoms with Gasteiger partial charge >= 0.3 is 12.1 Å². The van der Waals surface area contributed by atoms with Crippen molar-refractivity contribution in [2.45, 2.75) is 46.3 Å². The molecule has 1 heterocycles. The zero-order chi connectivity index (χ0) is 18.4. The lowest BCUT2D eigenvalue weighted by atomic mass is 10.2. The van der Waals surface area contributed by atoms with Gasteiger partial charge in [-0.05, 0) is 46.2 Å². The molecule has 136 valence electrons. The molecule has 0 unspecified atom stereocenters. The van der Waals surface area contributed by atoms with E-state index in [1.807, 2.05) is 41.8 Å². The lowest BCUT2D eigenvalue weighted by Gasteiger charge is -2.19. The monoisotopic (exact) mass is 346 g/mol. The van der Waals surface area contributed by atoms with E-state index in [0.717, 1.165) is 10.9 Å². The van der Waals surface area contributed by atoms with E-state index in [-0.39, 0.29) is 12.6 Å². The number of nitrogens with one attached hydrogen (secondary N) is 1. The second-order valence-corrected chi connectivity index (χ2v) is 6.75. The highest BCUT2D eigenvalue weighted by Gasteiger charge is 2.17. The van der Waals surface area contributed by atoms with Gasteiger partial charge < -0.3 is 19.4 Å². The van der Waals surface area contributed by atoms with Crippen LogP contribution in [-0.4, -0.2) is 35.4 Å². The lowest BCUT2D eigenvalue weighted by molar-refractivity contribution is 0.0474. The Kier molecular flexibility index (Phi) is 6.07. The Labute approximate surface area is 148 Å². The third-order valence-corrected chi connectivity index (χ3v) is 3.56. The second-order valence-electron chi connectivity index (χ2n) is 6.75. The van der Waals surface area contributed by atoms with E-state index >= 15 is 0 Å². The maximum Gasteiger partial charge on any atom is 0.407 e. The van der Waals surface area contributed by atoms with Crippen LogP contribution in [0, 0.1) is 0 Å². The Morgan fingerprint density at radius 1 is 1.20 bits per heavy atom. The molecule has 25 heavy (non-hydrogen) atoms. The standard InChI is InChI=1S/C19H26N2O4/c1-5-21-15-10-7-6-9-14(15)13-16(21)17(22)24-12-8-11-20-18(23)25-19(2,3)4/h6-7,9-10,13H,5,8,11-12H2,1-4H3,(H,20,23). The first kappa shape index (κ1) is 18.8. The molecule has 0 bridgehead atoms. The van der Waals surface area contributed by atoms with Crippen molar-refractivity contribution in [3.05, 3.63) is 36.0 Å². The van der Waals surface area contributed by atoms with Crippen molar-refractivity contribution in [1.29, 1.82) is 0 Å². The van der Waals surface area contributed by atoms with Gasteiger partial charge in [-0.15, -0.1) is 0 Å². The number of nitrogens with zero attached hydrogens (tertiary/aromatic N) is 1. The molecule has 2 aromatic rings. The molecule has 0 saturated heterocycles. The van der Waals surface area contributed by atoms with Gasteiger partial charge in [-0.2, -0.15) is 0 Å². The molecule has 6 nitrogen and oxygen atoms in total. The minimum atomic E-state index is -0.524. The van der Waals surface area contributed by atoms with Crippen LogP contribution in [0.15, 0.2) is 30.3 Å². The number of aromatic nitrogens is 1. The van der Waals surface area contributed by atoms with Crippen molar-refractivity contribution in [1.82, 2.24) is 9.88 Å². The molecule has 1 aromatic heterocycles. The van der Waals surface area contributed by atoms with Crippen LogP contribution in [0.2, 0.25) is 0 Å². The van der Waals surface area contributed by atoms with E-state index in [2.05, 4.69) is 5.32 Å². The van der Waals surface area contributed by atoms with E-state index in [1.54, 1.807) is 20.8 Å². The number of carbonyl (C=O) groups excluding carboxylic acids is 2. The summed E-state index contributed by atoms with van der Waals surface area (Å²) < 4.78 is 12.4. The fraction of sp³-hybridized carbons (Fsp3) is 0.474. The summed E-state index contributed by atoms with van der Waals surface area (Å²) in [4.78, 5) is 23.8. The van der Waals surface area contributed by atoms with Crippen LogP contribution >= 0.6 is 0 Å². The smallest absolute Gasteiger partial charge is 0.407 e. The lowest BCUT2D eigenvalue weighted by Crippen LogP contribution is -2.33. The Morgan fingerprint density at radius 3 is 2.60 bits per heavy atom. The van der Waals surface area contributed by atoms with Crippen LogP contribution in [-0.2, 0) is 16.0 Å². The second kappa shape index (κ2) is 8.05. The van der Waals surface area contributed by atoms with Crippen LogP contribution in [0.5, 0.6) is 0 Å². The predicted octanol–water partition coefficient (Wildman–Crippen LogP) is 3.73. The summed E-state index contributed by atoms with van der Waals surface area (Å²) in [6.45, 7) is 8.73. The van der Waals surface area contributed by atoms with Crippen molar-refractivity contribution >= 4 is 23.0 Å². The summed E-state index contributed by atoms with van der Waals surface area (Å²) in [6, 6.07) is 9.70. The summed E-state index contributed by atoms with van der Waals surface area (Å²) in [7, 11) is 0. The summed E-state index contributed by atoms with van der Waals surface area (Å²) in [5.74, 6) is -0.352. The number of benzene rings is 1. The van der Waals surface area contributed by atoms with Crippen molar-refractivity contribution in [2.24, 2.45) is 0 Å². The Bertz CT molecular complexity index is 743. The molecule has 0 aliphatic carbocycles. The molecule has 1 amide bonds. The van der Waals surface area contributed by atoms with Crippen LogP contribution < -0.4 is 5.32 Å². The number of para-hydroxylation sites is 1. The molecular weight excluding hydrogens is 320 g/mol. The molecule has 0 saturated carbocycles. The van der Waals surface area contributed by atoms with Crippen LogP contribution in [0.3, 0.4) is 0 Å². The van der Waals surface area contributed by atoms with E-state index < -0.39 is 11.7 Å². The van der Waals surface area contributed by atoms with Gasteiger partial charge in [0.2, 0.25) is 0 Å². The highest BCUT2D eigenvalue weighted by atomic mass is 16.6. The maximum atomic E-state index is 12.3. The minimum absolute atomic E-state index is 0.236. The van der Waals surface area contributed by atoms with Crippen molar-refractivity contribution < 1.29 is 19.1 Å². The molecule has 1 N–H and O–H groups in total. The first-order chi connectivity index (χ1) is 11.8. The largest absolute Gasteiger partial charge is 0.461 e. The number of aryl methyl sites for hydroxylation is 1. The van der Waals surface area contributed by atoms with Gasteiger partial charge in [-0.25, -0.2) is 9.59 Å². The number of esters is 1. The van der Waals surface area contributed by atoms with Crippen molar-refractivity contribution in [2.75, 3.05) is 13.2 Å². The Hall–Kier alpha value is -2.50. The quantitative estimate of drug-likeness (QED) is 0.639. The predicted molar refractivity (Wildman–Crippen MR) is 96.7 cm³/mol. The summed E-state index contributed by atoms with van der Waals surface area (Å²) >= 11 is 0. The molecule has 2 rings (SSSR count). The highest BCUT2D eigenvalue weighted by Crippen LogP contribution is 2.20. The minimum Gasteiger partial charge on any atom is -0.461 e. The van der Waals surface area contributed by atoms with Gasteiger partial charge in [0, 0.05) is 24.0 Å². The van der Waals surface area contributed by atoms with Gasteiger partial charge in [0.15, 0.2) is 0 Å². The number of carbonyl (C=O) groups is 2. The van der Waals surface area contributed by atoms with E-state index in [0.29, 0.717) is 25.2 Å². The topological polar surface area (TPSA) is 69.6 Å². The van der Waals surface area contributed by atoms with Gasteiger partial charge in [0.05, 0.1) is 6.61 Å². The SMILES string of the molecule is CCn1c(C(=O)OCCCNC(=O)OC(C)(C)C)cc2ccccc21. The van der Waals surface area contributed by atoms with Gasteiger partial charge in [-0.1, -0.05) is 18.2 Å². The van der Waals surface area contributed by atoms with E-state index in [1.165, 1.54) is 0 Å². The molecule has 0 spiro atoms. The van der Waals surface area contributed by atoms with Crippen molar-refractivity contribution in [3.63, 3.8) is 0 Å². The molecular formula is C19H26N2O4. The maximum absolute atomic E-state index is 12.3. The molecule has 6 heteroatoms. The van der Waals surface area contributed by atoms with Gasteiger partial charge in [0.1, 0.15) is 11.3 Å². The van der Waals surface area contributed by atoms with Crippen LogP contribution in [0.4, 0.5) is 4.79 Å². The zero-order valence-electron chi connectivity index (χ0n) is 15.3. The number of alkyl carbamates (subject to hydrolysis) is 1. The summed E-state index contributed by atoms with van der Waals surface area (Å²) in [5.41, 5.74) is 1.04. The summed E-state index contributed by atoms with van der Waals surface area (Å²) in [5, 5.41) is 3.66.